The number of ketones is 1. The van der Waals surface area contributed by atoms with Gasteiger partial charge in [0.25, 0.3) is 11.7 Å². The normalized spacial score (nSPS) is 21.5. The number of rotatable bonds is 5. The van der Waals surface area contributed by atoms with Gasteiger partial charge in [0.1, 0.15) is 11.5 Å². The molecule has 2 aliphatic rings. The molecule has 1 aliphatic heterocycles. The molecule has 0 aromatic heterocycles. The molecule has 31 heavy (non-hydrogen) atoms. The molecule has 2 aromatic rings. The molecule has 1 unspecified atom stereocenters. The summed E-state index contributed by atoms with van der Waals surface area (Å²) >= 11 is 3.39. The molecule has 1 N–H and O–H groups in total. The topological polar surface area (TPSA) is 66.8 Å². The van der Waals surface area contributed by atoms with Crippen molar-refractivity contribution in [1.82, 2.24) is 4.90 Å². The molecule has 1 heterocycles. The van der Waals surface area contributed by atoms with E-state index >= 15 is 0 Å². The number of aliphatic hydroxyl groups excluding tert-OH is 1. The molecular weight excluding hydrogens is 458 g/mol. The molecule has 1 saturated heterocycles. The molecular formula is C25H26BrNO4. The second-order valence-electron chi connectivity index (χ2n) is 8.01. The molecule has 0 spiro atoms. The van der Waals surface area contributed by atoms with Crippen LogP contribution in [0.15, 0.2) is 58.6 Å². The molecule has 6 heteroatoms. The molecule has 1 atom stereocenters. The van der Waals surface area contributed by atoms with Crippen molar-refractivity contribution in [3.05, 3.63) is 69.7 Å². The van der Waals surface area contributed by atoms with Crippen LogP contribution in [0.2, 0.25) is 0 Å². The lowest BCUT2D eigenvalue weighted by Gasteiger charge is -2.35. The van der Waals surface area contributed by atoms with Crippen LogP contribution in [0.5, 0.6) is 5.75 Å². The standard InChI is InChI=1S/C25H26BrNO4/c1-2-31-20-10-6-7-17(15-20)22-21(23(28)16-11-13-18(26)14-12-16)24(29)25(30)27(22)19-8-4-3-5-9-19/h6-7,10-15,19,22,28H,2-5,8-9H2,1H3/b23-21-. The Kier molecular flexibility index (Phi) is 6.46. The number of halogens is 1. The number of hydrogen-bond donors (Lipinski definition) is 1. The second kappa shape index (κ2) is 9.27. The Morgan fingerprint density at radius 1 is 1.10 bits per heavy atom. The lowest BCUT2D eigenvalue weighted by molar-refractivity contribution is -0.141. The van der Waals surface area contributed by atoms with Crippen molar-refractivity contribution in [1.29, 1.82) is 0 Å². The van der Waals surface area contributed by atoms with E-state index in [1.165, 1.54) is 0 Å². The molecule has 1 saturated carbocycles. The van der Waals surface area contributed by atoms with Crippen molar-refractivity contribution >= 4 is 33.4 Å². The fourth-order valence-electron chi connectivity index (χ4n) is 4.62. The number of benzene rings is 2. The Bertz CT molecular complexity index is 1010. The minimum absolute atomic E-state index is 0.0128. The monoisotopic (exact) mass is 483 g/mol. The van der Waals surface area contributed by atoms with Crippen molar-refractivity contribution < 1.29 is 19.4 Å². The third kappa shape index (κ3) is 4.26. The fourth-order valence-corrected chi connectivity index (χ4v) is 4.88. The van der Waals surface area contributed by atoms with Gasteiger partial charge in [-0.2, -0.15) is 0 Å². The largest absolute Gasteiger partial charge is 0.507 e. The van der Waals surface area contributed by atoms with Crippen molar-refractivity contribution in [2.75, 3.05) is 6.61 Å². The van der Waals surface area contributed by atoms with Crippen LogP contribution in [0.3, 0.4) is 0 Å². The van der Waals surface area contributed by atoms with Crippen molar-refractivity contribution in [2.24, 2.45) is 0 Å². The van der Waals surface area contributed by atoms with Crippen LogP contribution < -0.4 is 4.74 Å². The van der Waals surface area contributed by atoms with Gasteiger partial charge in [-0.3, -0.25) is 9.59 Å². The van der Waals surface area contributed by atoms with Crippen LogP contribution in [0.25, 0.3) is 5.76 Å². The van der Waals surface area contributed by atoms with Crippen molar-refractivity contribution in [2.45, 2.75) is 51.1 Å². The summed E-state index contributed by atoms with van der Waals surface area (Å²) in [6.45, 7) is 2.43. The van der Waals surface area contributed by atoms with Crippen LogP contribution in [0.1, 0.15) is 56.2 Å². The summed E-state index contributed by atoms with van der Waals surface area (Å²) in [6, 6.07) is 13.9. The van der Waals surface area contributed by atoms with E-state index in [9.17, 15) is 14.7 Å². The highest BCUT2D eigenvalue weighted by molar-refractivity contribution is 9.10. The zero-order valence-electron chi connectivity index (χ0n) is 17.5. The molecule has 5 nitrogen and oxygen atoms in total. The van der Waals surface area contributed by atoms with Gasteiger partial charge in [-0.15, -0.1) is 0 Å². The number of likely N-dealkylation sites (tertiary alicyclic amines) is 1. The maximum atomic E-state index is 13.2. The smallest absolute Gasteiger partial charge is 0.295 e. The van der Waals surface area contributed by atoms with E-state index in [2.05, 4.69) is 15.9 Å². The molecule has 162 valence electrons. The zero-order valence-corrected chi connectivity index (χ0v) is 19.1. The molecule has 1 aliphatic carbocycles. The van der Waals surface area contributed by atoms with Gasteiger partial charge in [0.05, 0.1) is 18.2 Å². The Labute approximate surface area is 190 Å². The summed E-state index contributed by atoms with van der Waals surface area (Å²) in [6.07, 6.45) is 4.95. The van der Waals surface area contributed by atoms with Crippen LogP contribution in [0, 0.1) is 0 Å². The average molecular weight is 484 g/mol. The van der Waals surface area contributed by atoms with E-state index in [1.807, 2.05) is 31.2 Å². The Morgan fingerprint density at radius 2 is 1.81 bits per heavy atom. The summed E-state index contributed by atoms with van der Waals surface area (Å²) < 4.78 is 6.53. The number of amides is 1. The van der Waals surface area contributed by atoms with Gasteiger partial charge < -0.3 is 14.7 Å². The van der Waals surface area contributed by atoms with Gasteiger partial charge in [-0.25, -0.2) is 0 Å². The van der Waals surface area contributed by atoms with Crippen molar-refractivity contribution in [3.8, 4) is 5.75 Å². The van der Waals surface area contributed by atoms with E-state index in [0.29, 0.717) is 17.9 Å². The van der Waals surface area contributed by atoms with E-state index in [4.69, 9.17) is 4.74 Å². The highest BCUT2D eigenvalue weighted by atomic mass is 79.9. The lowest BCUT2D eigenvalue weighted by atomic mass is 9.91. The molecule has 2 aromatic carbocycles. The number of ether oxygens (including phenoxy) is 1. The van der Waals surface area contributed by atoms with E-state index in [1.54, 1.807) is 29.2 Å². The first-order valence-corrected chi connectivity index (χ1v) is 11.6. The minimum atomic E-state index is -0.632. The number of aliphatic hydroxyl groups is 1. The van der Waals surface area contributed by atoms with Gasteiger partial charge in [0, 0.05) is 16.1 Å². The van der Waals surface area contributed by atoms with Gasteiger partial charge in [0.15, 0.2) is 0 Å². The first-order chi connectivity index (χ1) is 15.0. The summed E-state index contributed by atoms with van der Waals surface area (Å²) in [4.78, 5) is 28.1. The van der Waals surface area contributed by atoms with E-state index < -0.39 is 17.7 Å². The molecule has 1 amide bonds. The summed E-state index contributed by atoms with van der Waals surface area (Å²) in [5.41, 5.74) is 1.43. The molecule has 0 radical (unpaired) electrons. The highest BCUT2D eigenvalue weighted by Gasteiger charge is 2.48. The third-order valence-electron chi connectivity index (χ3n) is 6.05. The van der Waals surface area contributed by atoms with Crippen molar-refractivity contribution in [3.63, 3.8) is 0 Å². The fraction of sp³-hybridized carbons (Fsp3) is 0.360. The number of nitrogens with zero attached hydrogens (tertiary/aromatic N) is 1. The maximum Gasteiger partial charge on any atom is 0.295 e. The summed E-state index contributed by atoms with van der Waals surface area (Å²) in [7, 11) is 0. The van der Waals surface area contributed by atoms with Crippen LogP contribution in [0.4, 0.5) is 0 Å². The second-order valence-corrected chi connectivity index (χ2v) is 8.93. The minimum Gasteiger partial charge on any atom is -0.507 e. The maximum absolute atomic E-state index is 13.2. The number of hydrogen-bond acceptors (Lipinski definition) is 4. The first kappa shape index (κ1) is 21.6. The third-order valence-corrected chi connectivity index (χ3v) is 6.58. The van der Waals surface area contributed by atoms with Gasteiger partial charge in [-0.1, -0.05) is 59.5 Å². The number of Topliss-reactive ketones (excluding diaryl/α,β-unsaturated/α-hetero) is 1. The number of carbonyl (C=O) groups excluding carboxylic acids is 2. The lowest BCUT2D eigenvalue weighted by Crippen LogP contribution is -2.40. The highest BCUT2D eigenvalue weighted by Crippen LogP contribution is 2.43. The molecule has 0 bridgehead atoms. The Balaban J connectivity index is 1.86. The predicted molar refractivity (Wildman–Crippen MR) is 123 cm³/mol. The zero-order chi connectivity index (χ0) is 22.0. The van der Waals surface area contributed by atoms with Gasteiger partial charge in [0.2, 0.25) is 0 Å². The Morgan fingerprint density at radius 3 is 2.48 bits per heavy atom. The first-order valence-electron chi connectivity index (χ1n) is 10.8. The SMILES string of the molecule is CCOc1cccc(C2/C(=C(/O)c3ccc(Br)cc3)C(=O)C(=O)N2C2CCCCC2)c1. The van der Waals surface area contributed by atoms with Crippen LogP contribution in [-0.2, 0) is 9.59 Å². The average Bonchev–Trinajstić information content (AvgIpc) is 3.05. The van der Waals surface area contributed by atoms with E-state index in [0.717, 1.165) is 42.1 Å². The Hall–Kier alpha value is -2.60. The van der Waals surface area contributed by atoms with E-state index in [-0.39, 0.29) is 17.4 Å². The number of carbonyl (C=O) groups is 2. The molecule has 2 fully saturated rings. The molecule has 4 rings (SSSR count). The predicted octanol–water partition coefficient (Wildman–Crippen LogP) is 5.60. The quantitative estimate of drug-likeness (QED) is 0.341. The van der Waals surface area contributed by atoms with Gasteiger partial charge in [-0.05, 0) is 49.6 Å². The summed E-state index contributed by atoms with van der Waals surface area (Å²) in [5, 5.41) is 11.2. The van der Waals surface area contributed by atoms with Gasteiger partial charge >= 0.3 is 0 Å². The summed E-state index contributed by atoms with van der Waals surface area (Å²) in [5.74, 6) is -0.621. The van der Waals surface area contributed by atoms with Crippen LogP contribution >= 0.6 is 15.9 Å². The van der Waals surface area contributed by atoms with Crippen LogP contribution in [-0.4, -0.2) is 34.3 Å².